The molecule has 0 radical (unpaired) electrons. The second-order valence-corrected chi connectivity index (χ2v) is 3.37. The average molecular weight is 214 g/mol. The molecule has 0 unspecified atom stereocenters. The lowest BCUT2D eigenvalue weighted by atomic mass is 10.0. The number of rotatable bonds is 4. The Kier molecular flexibility index (Phi) is 3.92. The normalized spacial score (nSPS) is 12.4. The average Bonchev–Trinajstić information content (AvgIpc) is 2.18. The van der Waals surface area contributed by atoms with Gasteiger partial charge < -0.3 is 10.8 Å². The smallest absolute Gasteiger partial charge is 0.320 e. The van der Waals surface area contributed by atoms with E-state index in [-0.39, 0.29) is 0 Å². The monoisotopic (exact) mass is 213 g/mol. The van der Waals surface area contributed by atoms with Crippen LogP contribution in [-0.2, 0) is 17.1 Å². The van der Waals surface area contributed by atoms with Gasteiger partial charge in [-0.3, -0.25) is 4.79 Å². The fourth-order valence-electron chi connectivity index (χ4n) is 1.18. The van der Waals surface area contributed by atoms with Crippen molar-refractivity contribution in [1.82, 2.24) is 0 Å². The van der Waals surface area contributed by atoms with Crippen molar-refractivity contribution in [2.75, 3.05) is 0 Å². The summed E-state index contributed by atoms with van der Waals surface area (Å²) in [6, 6.07) is 6.61. The Morgan fingerprint density at radius 2 is 2.14 bits per heavy atom. The highest BCUT2D eigenvalue weighted by molar-refractivity contribution is 6.17. The fourth-order valence-corrected chi connectivity index (χ4v) is 1.35. The molecule has 0 fully saturated rings. The molecule has 0 aliphatic heterocycles. The van der Waals surface area contributed by atoms with Gasteiger partial charge in [-0.25, -0.2) is 0 Å². The summed E-state index contributed by atoms with van der Waals surface area (Å²) in [5.41, 5.74) is 7.28. The number of benzene rings is 1. The van der Waals surface area contributed by atoms with Crippen molar-refractivity contribution in [1.29, 1.82) is 0 Å². The van der Waals surface area contributed by atoms with Crippen LogP contribution in [0.4, 0.5) is 0 Å². The summed E-state index contributed by atoms with van der Waals surface area (Å²) in [5, 5.41) is 8.62. The van der Waals surface area contributed by atoms with Crippen molar-refractivity contribution in [2.45, 2.75) is 18.3 Å². The highest BCUT2D eigenvalue weighted by Crippen LogP contribution is 2.09. The number of carboxylic acid groups (broad SMARTS) is 1. The Morgan fingerprint density at radius 1 is 1.50 bits per heavy atom. The number of hydrogen-bond donors (Lipinski definition) is 2. The summed E-state index contributed by atoms with van der Waals surface area (Å²) >= 11 is 5.65. The third kappa shape index (κ3) is 3.01. The molecular formula is C10H12ClNO2. The van der Waals surface area contributed by atoms with Crippen LogP contribution in [0.3, 0.4) is 0 Å². The molecule has 76 valence electrons. The molecule has 0 heterocycles. The Morgan fingerprint density at radius 3 is 2.71 bits per heavy atom. The zero-order chi connectivity index (χ0) is 10.6. The summed E-state index contributed by atoms with van der Waals surface area (Å²) in [6.45, 7) is 0. The molecule has 1 atom stereocenters. The van der Waals surface area contributed by atoms with Crippen LogP contribution in [0.25, 0.3) is 0 Å². The molecule has 3 nitrogen and oxygen atoms in total. The van der Waals surface area contributed by atoms with Crippen LogP contribution in [0.2, 0.25) is 0 Å². The standard InChI is InChI=1S/C10H12ClNO2/c11-6-8-3-1-2-7(4-8)5-9(12)10(13)14/h1-4,9H,5-6,12H2,(H,13,14)/t9-/m0/s1. The van der Waals surface area contributed by atoms with Gasteiger partial charge in [0.2, 0.25) is 0 Å². The molecule has 14 heavy (non-hydrogen) atoms. The quantitative estimate of drug-likeness (QED) is 0.743. The first-order valence-electron chi connectivity index (χ1n) is 4.25. The van der Waals surface area contributed by atoms with E-state index >= 15 is 0 Å². The van der Waals surface area contributed by atoms with Gasteiger partial charge in [0.15, 0.2) is 0 Å². The zero-order valence-corrected chi connectivity index (χ0v) is 8.37. The summed E-state index contributed by atoms with van der Waals surface area (Å²) in [6.07, 6.45) is 0.333. The largest absolute Gasteiger partial charge is 0.480 e. The first-order valence-corrected chi connectivity index (χ1v) is 4.79. The van der Waals surface area contributed by atoms with Gasteiger partial charge in [-0.2, -0.15) is 0 Å². The second kappa shape index (κ2) is 4.98. The molecule has 0 saturated heterocycles. The number of aliphatic carboxylic acids is 1. The molecule has 4 heteroatoms. The lowest BCUT2D eigenvalue weighted by Gasteiger charge is -2.06. The Balaban J connectivity index is 2.71. The second-order valence-electron chi connectivity index (χ2n) is 3.10. The van der Waals surface area contributed by atoms with Gasteiger partial charge >= 0.3 is 5.97 Å². The third-order valence-electron chi connectivity index (χ3n) is 1.92. The summed E-state index contributed by atoms with van der Waals surface area (Å²) in [5.74, 6) is -0.558. The van der Waals surface area contributed by atoms with Gasteiger partial charge in [-0.05, 0) is 17.5 Å². The van der Waals surface area contributed by atoms with Crippen LogP contribution >= 0.6 is 11.6 Å². The topological polar surface area (TPSA) is 63.3 Å². The first kappa shape index (κ1) is 11.0. The van der Waals surface area contributed by atoms with Crippen LogP contribution in [0.1, 0.15) is 11.1 Å². The van der Waals surface area contributed by atoms with E-state index in [9.17, 15) is 4.79 Å². The number of halogens is 1. The summed E-state index contributed by atoms with van der Waals surface area (Å²) < 4.78 is 0. The Hall–Kier alpha value is -1.06. The minimum atomic E-state index is -0.985. The predicted molar refractivity (Wildman–Crippen MR) is 55.3 cm³/mol. The lowest BCUT2D eigenvalue weighted by Crippen LogP contribution is -2.32. The van der Waals surface area contributed by atoms with Crippen LogP contribution in [0.5, 0.6) is 0 Å². The highest BCUT2D eigenvalue weighted by atomic mass is 35.5. The van der Waals surface area contributed by atoms with E-state index in [1.54, 1.807) is 0 Å². The van der Waals surface area contributed by atoms with E-state index in [0.717, 1.165) is 11.1 Å². The zero-order valence-electron chi connectivity index (χ0n) is 7.61. The highest BCUT2D eigenvalue weighted by Gasteiger charge is 2.11. The molecule has 1 aromatic carbocycles. The molecular weight excluding hydrogens is 202 g/mol. The maximum Gasteiger partial charge on any atom is 0.320 e. The van der Waals surface area contributed by atoms with Gasteiger partial charge in [0.05, 0.1) is 0 Å². The van der Waals surface area contributed by atoms with Crippen molar-refractivity contribution in [2.24, 2.45) is 5.73 Å². The van der Waals surface area contributed by atoms with Crippen molar-refractivity contribution in [3.05, 3.63) is 35.4 Å². The van der Waals surface area contributed by atoms with Gasteiger partial charge in [0.1, 0.15) is 6.04 Å². The molecule has 0 saturated carbocycles. The molecule has 0 aliphatic carbocycles. The van der Waals surface area contributed by atoms with Crippen molar-refractivity contribution in [3.8, 4) is 0 Å². The number of nitrogens with two attached hydrogens (primary N) is 1. The van der Waals surface area contributed by atoms with Gasteiger partial charge in [0.25, 0.3) is 0 Å². The maximum atomic E-state index is 10.5. The van der Waals surface area contributed by atoms with Crippen LogP contribution in [0.15, 0.2) is 24.3 Å². The molecule has 0 bridgehead atoms. The first-order chi connectivity index (χ1) is 6.63. The molecule has 3 N–H and O–H groups in total. The molecule has 0 spiro atoms. The van der Waals surface area contributed by atoms with E-state index in [4.69, 9.17) is 22.4 Å². The molecule has 1 rings (SSSR count). The summed E-state index contributed by atoms with van der Waals surface area (Å²) in [7, 11) is 0. The minimum absolute atomic E-state index is 0.333. The van der Waals surface area contributed by atoms with E-state index in [1.165, 1.54) is 0 Å². The van der Waals surface area contributed by atoms with E-state index in [1.807, 2.05) is 24.3 Å². The number of carbonyl (C=O) groups is 1. The van der Waals surface area contributed by atoms with E-state index < -0.39 is 12.0 Å². The predicted octanol–water partition coefficient (Wildman–Crippen LogP) is 1.38. The Labute approximate surface area is 87.5 Å². The number of hydrogen-bond acceptors (Lipinski definition) is 2. The Bertz CT molecular complexity index is 328. The molecule has 0 amide bonds. The minimum Gasteiger partial charge on any atom is -0.480 e. The van der Waals surface area contributed by atoms with Crippen LogP contribution in [-0.4, -0.2) is 17.1 Å². The molecule has 1 aromatic rings. The van der Waals surface area contributed by atoms with Crippen molar-refractivity contribution >= 4 is 17.6 Å². The fraction of sp³-hybridized carbons (Fsp3) is 0.300. The van der Waals surface area contributed by atoms with Crippen molar-refractivity contribution < 1.29 is 9.90 Å². The SMILES string of the molecule is N[C@@H](Cc1cccc(CCl)c1)C(=O)O. The number of alkyl halides is 1. The van der Waals surface area contributed by atoms with Crippen molar-refractivity contribution in [3.63, 3.8) is 0 Å². The maximum absolute atomic E-state index is 10.5. The van der Waals surface area contributed by atoms with Gasteiger partial charge in [0, 0.05) is 5.88 Å². The van der Waals surface area contributed by atoms with Gasteiger partial charge in [-0.15, -0.1) is 11.6 Å². The van der Waals surface area contributed by atoms with Crippen LogP contribution in [0, 0.1) is 0 Å². The van der Waals surface area contributed by atoms with E-state index in [2.05, 4.69) is 0 Å². The number of carboxylic acids is 1. The lowest BCUT2D eigenvalue weighted by molar-refractivity contribution is -0.138. The molecule has 0 aliphatic rings. The van der Waals surface area contributed by atoms with E-state index in [0.29, 0.717) is 12.3 Å². The third-order valence-corrected chi connectivity index (χ3v) is 2.23. The summed E-state index contributed by atoms with van der Waals surface area (Å²) in [4.78, 5) is 10.5. The van der Waals surface area contributed by atoms with Gasteiger partial charge in [-0.1, -0.05) is 24.3 Å². The molecule has 0 aromatic heterocycles. The van der Waals surface area contributed by atoms with Crippen LogP contribution < -0.4 is 5.73 Å².